The van der Waals surface area contributed by atoms with Gasteiger partial charge in [-0.05, 0) is 55.3 Å². The molecule has 3 rings (SSSR count). The Kier molecular flexibility index (Phi) is 5.08. The number of nitrogens with one attached hydrogen (secondary N) is 2. The molecule has 0 spiro atoms. The minimum atomic E-state index is -0.363. The number of aryl methyl sites for hydroxylation is 1. The topological polar surface area (TPSA) is 71.1 Å². The quantitative estimate of drug-likeness (QED) is 0.744. The lowest BCUT2D eigenvalue weighted by atomic mass is 10.1. The number of rotatable bonds is 4. The van der Waals surface area contributed by atoms with Gasteiger partial charge >= 0.3 is 0 Å². The number of carbonyl (C=O) groups excluding carboxylic acids is 2. The largest absolute Gasteiger partial charge is 0.322 e. The normalized spacial score (nSPS) is 10.2. The van der Waals surface area contributed by atoms with Crippen LogP contribution in [0.25, 0.3) is 0 Å². The smallest absolute Gasteiger partial charge is 0.274 e. The second kappa shape index (κ2) is 7.61. The van der Waals surface area contributed by atoms with E-state index in [1.807, 2.05) is 50.2 Å². The molecule has 26 heavy (non-hydrogen) atoms. The van der Waals surface area contributed by atoms with E-state index in [9.17, 15) is 9.59 Å². The number of anilines is 2. The van der Waals surface area contributed by atoms with E-state index < -0.39 is 0 Å². The van der Waals surface area contributed by atoms with Gasteiger partial charge in [0.15, 0.2) is 0 Å². The van der Waals surface area contributed by atoms with Crippen molar-refractivity contribution in [3.05, 3.63) is 89.2 Å². The van der Waals surface area contributed by atoms with Gasteiger partial charge in [0.2, 0.25) is 0 Å². The van der Waals surface area contributed by atoms with Crippen molar-refractivity contribution in [3.8, 4) is 0 Å². The number of para-hydroxylation sites is 1. The van der Waals surface area contributed by atoms with Gasteiger partial charge in [0.05, 0.1) is 0 Å². The fourth-order valence-corrected chi connectivity index (χ4v) is 2.49. The highest BCUT2D eigenvalue weighted by molar-refractivity contribution is 6.08. The van der Waals surface area contributed by atoms with Gasteiger partial charge in [0, 0.05) is 23.1 Å². The Balaban J connectivity index is 1.77. The fourth-order valence-electron chi connectivity index (χ4n) is 2.49. The summed E-state index contributed by atoms with van der Waals surface area (Å²) in [6, 6.07) is 17.9. The molecule has 0 bridgehead atoms. The van der Waals surface area contributed by atoms with Crippen LogP contribution >= 0.6 is 0 Å². The average molecular weight is 345 g/mol. The van der Waals surface area contributed by atoms with Crippen molar-refractivity contribution in [2.75, 3.05) is 10.6 Å². The SMILES string of the molecule is Cc1cccc(NC(=O)c2ccnc(C(=O)Nc3ccccc3)c2)c1C. The van der Waals surface area contributed by atoms with Crippen LogP contribution in [0.2, 0.25) is 0 Å². The summed E-state index contributed by atoms with van der Waals surface area (Å²) in [6.45, 7) is 3.94. The highest BCUT2D eigenvalue weighted by atomic mass is 16.2. The zero-order valence-electron chi connectivity index (χ0n) is 14.6. The molecule has 2 aromatic carbocycles. The zero-order valence-corrected chi connectivity index (χ0v) is 14.6. The molecule has 130 valence electrons. The van der Waals surface area contributed by atoms with Crippen LogP contribution in [-0.2, 0) is 0 Å². The monoisotopic (exact) mass is 345 g/mol. The fraction of sp³-hybridized carbons (Fsp3) is 0.0952. The predicted octanol–water partition coefficient (Wildman–Crippen LogP) is 4.20. The van der Waals surface area contributed by atoms with Crippen molar-refractivity contribution in [1.82, 2.24) is 4.98 Å². The Morgan fingerprint density at radius 2 is 1.62 bits per heavy atom. The highest BCUT2D eigenvalue weighted by Gasteiger charge is 2.13. The Morgan fingerprint density at radius 3 is 2.38 bits per heavy atom. The molecule has 0 aliphatic carbocycles. The second-order valence-corrected chi connectivity index (χ2v) is 5.95. The van der Waals surface area contributed by atoms with E-state index in [1.54, 1.807) is 18.2 Å². The predicted molar refractivity (Wildman–Crippen MR) is 103 cm³/mol. The molecule has 0 fully saturated rings. The van der Waals surface area contributed by atoms with E-state index >= 15 is 0 Å². The number of hydrogen-bond acceptors (Lipinski definition) is 3. The van der Waals surface area contributed by atoms with E-state index in [4.69, 9.17) is 0 Å². The first-order chi connectivity index (χ1) is 12.5. The van der Waals surface area contributed by atoms with E-state index in [0.29, 0.717) is 11.3 Å². The number of pyridine rings is 1. The first-order valence-corrected chi connectivity index (χ1v) is 8.24. The summed E-state index contributed by atoms with van der Waals surface area (Å²) >= 11 is 0. The lowest BCUT2D eigenvalue weighted by Gasteiger charge is -2.11. The molecule has 3 aromatic rings. The summed E-state index contributed by atoms with van der Waals surface area (Å²) in [6.07, 6.45) is 1.46. The molecule has 2 N–H and O–H groups in total. The summed E-state index contributed by atoms with van der Waals surface area (Å²) in [5.74, 6) is -0.646. The van der Waals surface area contributed by atoms with Crippen molar-refractivity contribution < 1.29 is 9.59 Å². The molecule has 0 atom stereocenters. The van der Waals surface area contributed by atoms with Crippen molar-refractivity contribution in [1.29, 1.82) is 0 Å². The van der Waals surface area contributed by atoms with Crippen LogP contribution in [0.3, 0.4) is 0 Å². The Labute approximate surface area is 152 Å². The van der Waals surface area contributed by atoms with Gasteiger partial charge < -0.3 is 10.6 Å². The molecule has 0 saturated carbocycles. The summed E-state index contributed by atoms with van der Waals surface area (Å²) in [4.78, 5) is 28.9. The number of nitrogens with zero attached hydrogens (tertiary/aromatic N) is 1. The van der Waals surface area contributed by atoms with Gasteiger partial charge in [0.1, 0.15) is 5.69 Å². The van der Waals surface area contributed by atoms with E-state index in [1.165, 1.54) is 12.3 Å². The molecular formula is C21H19N3O2. The van der Waals surface area contributed by atoms with Gasteiger partial charge in [-0.2, -0.15) is 0 Å². The molecule has 0 unspecified atom stereocenters. The third kappa shape index (κ3) is 3.95. The zero-order chi connectivity index (χ0) is 18.5. The third-order valence-electron chi connectivity index (χ3n) is 4.14. The van der Waals surface area contributed by atoms with Gasteiger partial charge in [-0.15, -0.1) is 0 Å². The van der Waals surface area contributed by atoms with Gasteiger partial charge in [0.25, 0.3) is 11.8 Å². The first kappa shape index (κ1) is 17.4. The van der Waals surface area contributed by atoms with Crippen LogP contribution < -0.4 is 10.6 Å². The summed E-state index contributed by atoms with van der Waals surface area (Å²) < 4.78 is 0. The molecule has 0 aliphatic heterocycles. The maximum absolute atomic E-state index is 12.5. The molecule has 1 heterocycles. The summed E-state index contributed by atoms with van der Waals surface area (Å²) in [5, 5.41) is 5.64. The van der Waals surface area contributed by atoms with Crippen LogP contribution in [0, 0.1) is 13.8 Å². The molecule has 0 saturated heterocycles. The van der Waals surface area contributed by atoms with Crippen molar-refractivity contribution in [2.24, 2.45) is 0 Å². The van der Waals surface area contributed by atoms with Crippen LogP contribution in [0.4, 0.5) is 11.4 Å². The third-order valence-corrected chi connectivity index (χ3v) is 4.14. The van der Waals surface area contributed by atoms with Crippen molar-refractivity contribution >= 4 is 23.2 Å². The molecule has 2 amide bonds. The average Bonchev–Trinajstić information content (AvgIpc) is 2.66. The molecular weight excluding hydrogens is 326 g/mol. The highest BCUT2D eigenvalue weighted by Crippen LogP contribution is 2.19. The van der Waals surface area contributed by atoms with E-state index in [0.717, 1.165) is 16.8 Å². The number of benzene rings is 2. The minimum absolute atomic E-state index is 0.183. The lowest BCUT2D eigenvalue weighted by Crippen LogP contribution is -2.17. The van der Waals surface area contributed by atoms with Crippen LogP contribution in [0.5, 0.6) is 0 Å². The Hall–Kier alpha value is -3.47. The molecule has 5 nitrogen and oxygen atoms in total. The number of aromatic nitrogens is 1. The van der Waals surface area contributed by atoms with Crippen LogP contribution in [0.15, 0.2) is 66.9 Å². The summed E-state index contributed by atoms with van der Waals surface area (Å²) in [5.41, 5.74) is 4.09. The van der Waals surface area contributed by atoms with E-state index in [2.05, 4.69) is 15.6 Å². The minimum Gasteiger partial charge on any atom is -0.322 e. The standard InChI is InChI=1S/C21H19N3O2/c1-14-7-6-10-18(15(14)2)24-20(25)16-11-12-22-19(13-16)21(26)23-17-8-4-3-5-9-17/h3-13H,1-2H3,(H,23,26)(H,24,25). The van der Waals surface area contributed by atoms with Gasteiger partial charge in [-0.25, -0.2) is 0 Å². The maximum Gasteiger partial charge on any atom is 0.274 e. The van der Waals surface area contributed by atoms with Crippen LogP contribution in [-0.4, -0.2) is 16.8 Å². The second-order valence-electron chi connectivity index (χ2n) is 5.95. The molecule has 0 radical (unpaired) electrons. The molecule has 5 heteroatoms. The first-order valence-electron chi connectivity index (χ1n) is 8.24. The number of carbonyl (C=O) groups is 2. The number of hydrogen-bond donors (Lipinski definition) is 2. The Morgan fingerprint density at radius 1 is 0.846 bits per heavy atom. The number of amides is 2. The van der Waals surface area contributed by atoms with Crippen molar-refractivity contribution in [3.63, 3.8) is 0 Å². The van der Waals surface area contributed by atoms with Gasteiger partial charge in [-0.3, -0.25) is 14.6 Å². The molecule has 0 aliphatic rings. The van der Waals surface area contributed by atoms with Crippen LogP contribution in [0.1, 0.15) is 32.0 Å². The maximum atomic E-state index is 12.5. The van der Waals surface area contributed by atoms with Gasteiger partial charge in [-0.1, -0.05) is 30.3 Å². The molecule has 1 aromatic heterocycles. The van der Waals surface area contributed by atoms with E-state index in [-0.39, 0.29) is 17.5 Å². The lowest BCUT2D eigenvalue weighted by molar-refractivity contribution is 0.102. The van der Waals surface area contributed by atoms with Crippen molar-refractivity contribution in [2.45, 2.75) is 13.8 Å². The summed E-state index contributed by atoms with van der Waals surface area (Å²) in [7, 11) is 0. The Bertz CT molecular complexity index is 952.